The van der Waals surface area contributed by atoms with Gasteiger partial charge in [0.2, 0.25) is 0 Å². The summed E-state index contributed by atoms with van der Waals surface area (Å²) in [6.07, 6.45) is 0.873. The molecule has 0 aromatic heterocycles. The highest BCUT2D eigenvalue weighted by Crippen LogP contribution is 2.31. The molecule has 2 heterocycles. The normalized spacial score (nSPS) is 19.9. The monoisotopic (exact) mass is 366 g/mol. The third-order valence-electron chi connectivity index (χ3n) is 5.04. The molecule has 1 saturated heterocycles. The van der Waals surface area contributed by atoms with E-state index in [0.29, 0.717) is 19.1 Å². The molecule has 1 atom stereocenters. The molecule has 0 radical (unpaired) electrons. The number of para-hydroxylation sites is 2. The summed E-state index contributed by atoms with van der Waals surface area (Å²) in [7, 11) is 0. The molecular formula is C21H26N4O2. The number of hydrogen-bond acceptors (Lipinski definition) is 4. The number of nitrogens with two attached hydrogens (primary N) is 1. The van der Waals surface area contributed by atoms with Gasteiger partial charge in [-0.1, -0.05) is 36.4 Å². The van der Waals surface area contributed by atoms with Crippen LogP contribution in [0.25, 0.3) is 0 Å². The van der Waals surface area contributed by atoms with E-state index < -0.39 is 0 Å². The predicted molar refractivity (Wildman–Crippen MR) is 107 cm³/mol. The van der Waals surface area contributed by atoms with Crippen molar-refractivity contribution in [3.63, 3.8) is 0 Å². The van der Waals surface area contributed by atoms with Gasteiger partial charge in [-0.25, -0.2) is 4.99 Å². The first-order valence-corrected chi connectivity index (χ1v) is 9.50. The molecule has 0 aliphatic carbocycles. The summed E-state index contributed by atoms with van der Waals surface area (Å²) in [5.74, 6) is 1.39. The summed E-state index contributed by atoms with van der Waals surface area (Å²) in [5.41, 5.74) is 9.73. The van der Waals surface area contributed by atoms with Gasteiger partial charge in [0.15, 0.2) is 5.96 Å². The SMILES string of the molecule is NC(=NCc1ccccc1N1CCOCC1)NC1CCOc2ccccc21. The highest BCUT2D eigenvalue weighted by atomic mass is 16.5. The van der Waals surface area contributed by atoms with Gasteiger partial charge in [-0.3, -0.25) is 0 Å². The molecule has 142 valence electrons. The van der Waals surface area contributed by atoms with Crippen molar-refractivity contribution >= 4 is 11.6 Å². The van der Waals surface area contributed by atoms with Crippen LogP contribution >= 0.6 is 0 Å². The molecule has 0 bridgehead atoms. The van der Waals surface area contributed by atoms with Crippen molar-refractivity contribution in [2.45, 2.75) is 19.0 Å². The number of morpholine rings is 1. The van der Waals surface area contributed by atoms with Gasteiger partial charge >= 0.3 is 0 Å². The molecule has 1 unspecified atom stereocenters. The van der Waals surface area contributed by atoms with Crippen LogP contribution in [0.2, 0.25) is 0 Å². The second kappa shape index (κ2) is 8.31. The number of fused-ring (bicyclic) bond motifs is 1. The number of nitrogens with zero attached hydrogens (tertiary/aromatic N) is 2. The lowest BCUT2D eigenvalue weighted by Gasteiger charge is -2.30. The largest absolute Gasteiger partial charge is 0.493 e. The molecule has 4 rings (SSSR count). The number of hydrogen-bond donors (Lipinski definition) is 2. The maximum atomic E-state index is 6.20. The Morgan fingerprint density at radius 3 is 2.74 bits per heavy atom. The van der Waals surface area contributed by atoms with Crippen LogP contribution in [0.5, 0.6) is 5.75 Å². The highest BCUT2D eigenvalue weighted by molar-refractivity contribution is 5.78. The minimum absolute atomic E-state index is 0.133. The van der Waals surface area contributed by atoms with Crippen LogP contribution in [0.4, 0.5) is 5.69 Å². The zero-order valence-electron chi connectivity index (χ0n) is 15.4. The molecule has 3 N–H and O–H groups in total. The van der Waals surface area contributed by atoms with Crippen LogP contribution in [0.3, 0.4) is 0 Å². The molecule has 1 fully saturated rings. The van der Waals surface area contributed by atoms with Crippen LogP contribution in [-0.2, 0) is 11.3 Å². The minimum Gasteiger partial charge on any atom is -0.493 e. The number of ether oxygens (including phenoxy) is 2. The fourth-order valence-corrected chi connectivity index (χ4v) is 3.64. The Morgan fingerprint density at radius 1 is 1.07 bits per heavy atom. The summed E-state index contributed by atoms with van der Waals surface area (Å²) in [4.78, 5) is 6.96. The van der Waals surface area contributed by atoms with E-state index >= 15 is 0 Å². The molecule has 27 heavy (non-hydrogen) atoms. The quantitative estimate of drug-likeness (QED) is 0.642. The third kappa shape index (κ3) is 4.17. The van der Waals surface area contributed by atoms with Crippen molar-refractivity contribution in [1.82, 2.24) is 5.32 Å². The number of aliphatic imine (C=N–C) groups is 1. The van der Waals surface area contributed by atoms with Crippen molar-refractivity contribution in [3.05, 3.63) is 59.7 Å². The molecule has 0 saturated carbocycles. The van der Waals surface area contributed by atoms with Crippen LogP contribution in [-0.4, -0.2) is 38.9 Å². The topological polar surface area (TPSA) is 72.1 Å². The molecule has 2 aromatic rings. The molecule has 2 aliphatic rings. The highest BCUT2D eigenvalue weighted by Gasteiger charge is 2.21. The van der Waals surface area contributed by atoms with Gasteiger partial charge in [-0.2, -0.15) is 0 Å². The van der Waals surface area contributed by atoms with E-state index in [0.717, 1.165) is 44.0 Å². The van der Waals surface area contributed by atoms with Crippen molar-refractivity contribution < 1.29 is 9.47 Å². The Labute approximate surface area is 160 Å². The average Bonchev–Trinajstić information content (AvgIpc) is 2.73. The second-order valence-electron chi connectivity index (χ2n) is 6.80. The van der Waals surface area contributed by atoms with Crippen molar-refractivity contribution in [2.24, 2.45) is 10.7 Å². The fraction of sp³-hybridized carbons (Fsp3) is 0.381. The van der Waals surface area contributed by atoms with E-state index in [1.165, 1.54) is 11.3 Å². The van der Waals surface area contributed by atoms with Crippen molar-refractivity contribution in [1.29, 1.82) is 0 Å². The summed E-state index contributed by atoms with van der Waals surface area (Å²) in [6, 6.07) is 16.6. The lowest BCUT2D eigenvalue weighted by atomic mass is 10.0. The van der Waals surface area contributed by atoms with Crippen LogP contribution in [0, 0.1) is 0 Å². The predicted octanol–water partition coefficient (Wildman–Crippen LogP) is 2.45. The summed E-state index contributed by atoms with van der Waals surface area (Å²) >= 11 is 0. The molecule has 6 nitrogen and oxygen atoms in total. The van der Waals surface area contributed by atoms with E-state index in [9.17, 15) is 0 Å². The summed E-state index contributed by atoms with van der Waals surface area (Å²) in [5, 5.41) is 3.36. The molecule has 0 amide bonds. The molecule has 2 aromatic carbocycles. The van der Waals surface area contributed by atoms with E-state index in [1.54, 1.807) is 0 Å². The molecule has 2 aliphatic heterocycles. The zero-order valence-corrected chi connectivity index (χ0v) is 15.4. The van der Waals surface area contributed by atoms with Gasteiger partial charge in [0.05, 0.1) is 32.4 Å². The van der Waals surface area contributed by atoms with Gasteiger partial charge in [0.25, 0.3) is 0 Å². The van der Waals surface area contributed by atoms with Gasteiger partial charge in [0, 0.05) is 30.8 Å². The lowest BCUT2D eigenvalue weighted by molar-refractivity contribution is 0.122. The zero-order chi connectivity index (χ0) is 18.5. The van der Waals surface area contributed by atoms with Crippen molar-refractivity contribution in [3.8, 4) is 5.75 Å². The Balaban J connectivity index is 1.45. The standard InChI is InChI=1S/C21H26N4O2/c22-21(24-18-9-12-27-20-8-4-2-6-17(18)20)23-15-16-5-1-3-7-19(16)25-10-13-26-14-11-25/h1-8,18H,9-15H2,(H3,22,23,24). The Morgan fingerprint density at radius 2 is 1.85 bits per heavy atom. The maximum Gasteiger partial charge on any atom is 0.189 e. The third-order valence-corrected chi connectivity index (χ3v) is 5.04. The summed E-state index contributed by atoms with van der Waals surface area (Å²) in [6.45, 7) is 4.59. The molecule has 6 heteroatoms. The van der Waals surface area contributed by atoms with E-state index in [-0.39, 0.29) is 6.04 Å². The fourth-order valence-electron chi connectivity index (χ4n) is 3.64. The van der Waals surface area contributed by atoms with E-state index in [1.807, 2.05) is 24.3 Å². The Bertz CT molecular complexity index is 802. The van der Waals surface area contributed by atoms with Crippen LogP contribution in [0.15, 0.2) is 53.5 Å². The molecular weight excluding hydrogens is 340 g/mol. The lowest BCUT2D eigenvalue weighted by Crippen LogP contribution is -2.37. The number of nitrogens with one attached hydrogen (secondary N) is 1. The summed E-state index contributed by atoms with van der Waals surface area (Å²) < 4.78 is 11.2. The minimum atomic E-state index is 0.133. The maximum absolute atomic E-state index is 6.20. The number of guanidine groups is 1. The van der Waals surface area contributed by atoms with Gasteiger partial charge in [0.1, 0.15) is 5.75 Å². The number of anilines is 1. The van der Waals surface area contributed by atoms with Crippen molar-refractivity contribution in [2.75, 3.05) is 37.8 Å². The first-order valence-electron chi connectivity index (χ1n) is 9.50. The number of rotatable bonds is 4. The average molecular weight is 366 g/mol. The second-order valence-corrected chi connectivity index (χ2v) is 6.80. The van der Waals surface area contributed by atoms with Gasteiger partial charge in [-0.15, -0.1) is 0 Å². The van der Waals surface area contributed by atoms with E-state index in [2.05, 4.69) is 39.5 Å². The smallest absolute Gasteiger partial charge is 0.189 e. The first-order chi connectivity index (χ1) is 13.3. The van der Waals surface area contributed by atoms with Gasteiger partial charge in [-0.05, 0) is 17.7 Å². The first kappa shape index (κ1) is 17.7. The Kier molecular flexibility index (Phi) is 5.44. The van der Waals surface area contributed by atoms with Crippen LogP contribution in [0.1, 0.15) is 23.6 Å². The number of benzene rings is 2. The Hall–Kier alpha value is -2.73. The molecule has 0 spiro atoms. The van der Waals surface area contributed by atoms with E-state index in [4.69, 9.17) is 15.2 Å². The van der Waals surface area contributed by atoms with Gasteiger partial charge < -0.3 is 25.4 Å². The van der Waals surface area contributed by atoms with Crippen LogP contribution < -0.4 is 20.7 Å².